The molecule has 1 aliphatic carbocycles. The summed E-state index contributed by atoms with van der Waals surface area (Å²) in [6, 6.07) is 0.634. The molecule has 1 aliphatic heterocycles. The Bertz CT molecular complexity index is 456. The standard InChI is InChI=1S/C16H27N3OS/c1-16(2,3)14-17-15(21-18-14)19(12-7-4-5-8-12)11-13-9-6-10-20-13/h12-13H,4-11H2,1-3H3. The van der Waals surface area contributed by atoms with Gasteiger partial charge in [0.2, 0.25) is 5.13 Å². The van der Waals surface area contributed by atoms with Gasteiger partial charge in [-0.2, -0.15) is 4.37 Å². The maximum atomic E-state index is 5.85. The van der Waals surface area contributed by atoms with Crippen LogP contribution in [0.25, 0.3) is 0 Å². The summed E-state index contributed by atoms with van der Waals surface area (Å²) < 4.78 is 10.5. The average molecular weight is 309 g/mol. The molecule has 5 heteroatoms. The Morgan fingerprint density at radius 2 is 1.95 bits per heavy atom. The zero-order valence-electron chi connectivity index (χ0n) is 13.5. The van der Waals surface area contributed by atoms with Crippen LogP contribution in [0.15, 0.2) is 0 Å². The van der Waals surface area contributed by atoms with Gasteiger partial charge in [-0.25, -0.2) is 4.98 Å². The molecule has 3 rings (SSSR count). The molecule has 4 nitrogen and oxygen atoms in total. The highest BCUT2D eigenvalue weighted by Gasteiger charge is 2.30. The second kappa shape index (κ2) is 6.21. The van der Waals surface area contributed by atoms with Gasteiger partial charge in [0.25, 0.3) is 0 Å². The van der Waals surface area contributed by atoms with E-state index in [1.807, 2.05) is 0 Å². The summed E-state index contributed by atoms with van der Waals surface area (Å²) in [5.41, 5.74) is 0.0277. The van der Waals surface area contributed by atoms with E-state index in [1.165, 1.54) is 38.5 Å². The molecule has 0 bridgehead atoms. The van der Waals surface area contributed by atoms with Crippen LogP contribution < -0.4 is 4.90 Å². The molecule has 1 unspecified atom stereocenters. The minimum Gasteiger partial charge on any atom is -0.376 e. The van der Waals surface area contributed by atoms with E-state index in [0.717, 1.165) is 24.1 Å². The first-order valence-electron chi connectivity index (χ1n) is 8.26. The largest absolute Gasteiger partial charge is 0.376 e. The third-order valence-corrected chi connectivity index (χ3v) is 5.27. The van der Waals surface area contributed by atoms with Crippen LogP contribution in [0.4, 0.5) is 5.13 Å². The van der Waals surface area contributed by atoms with E-state index in [1.54, 1.807) is 11.5 Å². The lowest BCUT2D eigenvalue weighted by Crippen LogP contribution is -2.39. The number of nitrogens with zero attached hydrogens (tertiary/aromatic N) is 3. The molecular formula is C16H27N3OS. The van der Waals surface area contributed by atoms with Gasteiger partial charge in [-0.3, -0.25) is 0 Å². The highest BCUT2D eigenvalue weighted by Crippen LogP contribution is 2.32. The molecule has 2 fully saturated rings. The maximum absolute atomic E-state index is 5.85. The fraction of sp³-hybridized carbons (Fsp3) is 0.875. The predicted molar refractivity (Wildman–Crippen MR) is 87.2 cm³/mol. The van der Waals surface area contributed by atoms with Gasteiger partial charge in [-0.1, -0.05) is 33.6 Å². The summed E-state index contributed by atoms with van der Waals surface area (Å²) >= 11 is 1.56. The molecule has 21 heavy (non-hydrogen) atoms. The van der Waals surface area contributed by atoms with E-state index >= 15 is 0 Å². The lowest BCUT2D eigenvalue weighted by molar-refractivity contribution is 0.114. The minimum atomic E-state index is 0.0277. The van der Waals surface area contributed by atoms with Gasteiger partial charge in [0.1, 0.15) is 5.82 Å². The first kappa shape index (κ1) is 15.2. The van der Waals surface area contributed by atoms with Crippen molar-refractivity contribution in [3.05, 3.63) is 5.82 Å². The lowest BCUT2D eigenvalue weighted by Gasteiger charge is -2.30. The van der Waals surface area contributed by atoms with Crippen molar-refractivity contribution in [1.82, 2.24) is 9.36 Å². The number of ether oxygens (including phenoxy) is 1. The Labute approximate surface area is 132 Å². The molecule has 1 saturated carbocycles. The summed E-state index contributed by atoms with van der Waals surface area (Å²) in [6.07, 6.45) is 8.04. The van der Waals surface area contributed by atoms with Crippen molar-refractivity contribution in [2.75, 3.05) is 18.1 Å². The number of hydrogen-bond donors (Lipinski definition) is 0. The molecule has 0 radical (unpaired) electrons. The first-order valence-corrected chi connectivity index (χ1v) is 9.04. The molecular weight excluding hydrogens is 282 g/mol. The summed E-state index contributed by atoms with van der Waals surface area (Å²) in [4.78, 5) is 7.34. The van der Waals surface area contributed by atoms with Crippen LogP contribution in [-0.4, -0.2) is 34.7 Å². The number of aromatic nitrogens is 2. The van der Waals surface area contributed by atoms with Crippen LogP contribution in [0.3, 0.4) is 0 Å². The van der Waals surface area contributed by atoms with Crippen molar-refractivity contribution in [2.24, 2.45) is 0 Å². The van der Waals surface area contributed by atoms with E-state index < -0.39 is 0 Å². The van der Waals surface area contributed by atoms with Gasteiger partial charge in [-0.15, -0.1) is 0 Å². The van der Waals surface area contributed by atoms with Gasteiger partial charge >= 0.3 is 0 Å². The van der Waals surface area contributed by atoms with Crippen LogP contribution in [0.2, 0.25) is 0 Å². The van der Waals surface area contributed by atoms with Crippen molar-refractivity contribution in [1.29, 1.82) is 0 Å². The molecule has 2 aliphatic rings. The topological polar surface area (TPSA) is 38.2 Å². The zero-order chi connectivity index (χ0) is 14.9. The normalized spacial score (nSPS) is 23.9. The van der Waals surface area contributed by atoms with E-state index in [-0.39, 0.29) is 5.41 Å². The zero-order valence-corrected chi connectivity index (χ0v) is 14.3. The smallest absolute Gasteiger partial charge is 0.205 e. The third kappa shape index (κ3) is 3.57. The maximum Gasteiger partial charge on any atom is 0.205 e. The van der Waals surface area contributed by atoms with Gasteiger partial charge in [0.05, 0.1) is 6.10 Å². The monoisotopic (exact) mass is 309 g/mol. The van der Waals surface area contributed by atoms with Gasteiger partial charge in [0, 0.05) is 36.1 Å². The number of hydrogen-bond acceptors (Lipinski definition) is 5. The van der Waals surface area contributed by atoms with Crippen LogP contribution in [0, 0.1) is 0 Å². The van der Waals surface area contributed by atoms with Crippen LogP contribution in [0.5, 0.6) is 0 Å². The van der Waals surface area contributed by atoms with Crippen molar-refractivity contribution in [2.45, 2.75) is 76.9 Å². The molecule has 0 N–H and O–H groups in total. The molecule has 0 aromatic carbocycles. The third-order valence-electron chi connectivity index (χ3n) is 4.52. The Hall–Kier alpha value is -0.680. The Morgan fingerprint density at radius 1 is 1.19 bits per heavy atom. The first-order chi connectivity index (χ1) is 10.0. The van der Waals surface area contributed by atoms with E-state index in [2.05, 4.69) is 30.0 Å². The molecule has 1 aromatic heterocycles. The number of anilines is 1. The van der Waals surface area contributed by atoms with Gasteiger partial charge in [0.15, 0.2) is 0 Å². The fourth-order valence-corrected chi connectivity index (χ4v) is 4.18. The van der Waals surface area contributed by atoms with Crippen molar-refractivity contribution in [3.8, 4) is 0 Å². The highest BCUT2D eigenvalue weighted by atomic mass is 32.1. The van der Waals surface area contributed by atoms with Gasteiger partial charge in [-0.05, 0) is 25.7 Å². The minimum absolute atomic E-state index is 0.0277. The summed E-state index contributed by atoms with van der Waals surface area (Å²) in [5, 5.41) is 1.10. The lowest BCUT2D eigenvalue weighted by atomic mass is 9.96. The second-order valence-electron chi connectivity index (χ2n) is 7.38. The Kier molecular flexibility index (Phi) is 4.50. The fourth-order valence-electron chi connectivity index (χ4n) is 3.24. The van der Waals surface area contributed by atoms with Crippen LogP contribution in [0.1, 0.15) is 65.1 Å². The van der Waals surface area contributed by atoms with E-state index in [4.69, 9.17) is 9.72 Å². The van der Waals surface area contributed by atoms with Crippen molar-refractivity contribution >= 4 is 16.7 Å². The summed E-state index contributed by atoms with van der Waals surface area (Å²) in [7, 11) is 0. The van der Waals surface area contributed by atoms with E-state index in [0.29, 0.717) is 12.1 Å². The summed E-state index contributed by atoms with van der Waals surface area (Å²) in [5.74, 6) is 0.970. The van der Waals surface area contributed by atoms with Crippen molar-refractivity contribution < 1.29 is 4.74 Å². The SMILES string of the molecule is CC(C)(C)c1nsc(N(CC2CCCO2)C2CCCC2)n1. The van der Waals surface area contributed by atoms with Gasteiger partial charge < -0.3 is 9.64 Å². The van der Waals surface area contributed by atoms with Crippen LogP contribution in [-0.2, 0) is 10.2 Å². The molecule has 1 saturated heterocycles. The van der Waals surface area contributed by atoms with E-state index in [9.17, 15) is 0 Å². The highest BCUT2D eigenvalue weighted by molar-refractivity contribution is 7.09. The molecule has 118 valence electrons. The number of rotatable bonds is 4. The quantitative estimate of drug-likeness (QED) is 0.849. The summed E-state index contributed by atoms with van der Waals surface area (Å²) in [6.45, 7) is 8.45. The average Bonchev–Trinajstić information content (AvgIpc) is 3.17. The van der Waals surface area contributed by atoms with Crippen molar-refractivity contribution in [3.63, 3.8) is 0 Å². The predicted octanol–water partition coefficient (Wildman–Crippen LogP) is 3.76. The second-order valence-corrected chi connectivity index (χ2v) is 8.11. The van der Waals surface area contributed by atoms with Crippen LogP contribution >= 0.6 is 11.5 Å². The molecule has 0 spiro atoms. The molecule has 0 amide bonds. The Balaban J connectivity index is 1.78. The molecule has 2 heterocycles. The molecule has 1 aromatic rings. The Morgan fingerprint density at radius 3 is 2.52 bits per heavy atom. The molecule has 1 atom stereocenters.